The molecule has 3 amide bonds. The number of piperidine rings is 1. The number of amides is 3. The maximum absolute atomic E-state index is 12.3. The number of methoxy groups -OCH3 is 1. The number of rotatable bonds is 5. The van der Waals surface area contributed by atoms with Gasteiger partial charge in [-0.3, -0.25) is 15.0 Å². The predicted molar refractivity (Wildman–Crippen MR) is 118 cm³/mol. The Kier molecular flexibility index (Phi) is 5.34. The van der Waals surface area contributed by atoms with Crippen LogP contribution in [0.15, 0.2) is 36.8 Å². The molecular formula is C22H25N7O3. The average molecular weight is 435 g/mol. The number of ether oxygens (including phenoxy) is 1. The summed E-state index contributed by atoms with van der Waals surface area (Å²) in [6, 6.07) is 5.54. The van der Waals surface area contributed by atoms with Gasteiger partial charge in [-0.25, -0.2) is 14.3 Å². The lowest BCUT2D eigenvalue weighted by Gasteiger charge is -2.32. The van der Waals surface area contributed by atoms with Crippen LogP contribution in [0.5, 0.6) is 5.88 Å². The van der Waals surface area contributed by atoms with Crippen molar-refractivity contribution in [2.75, 3.05) is 36.5 Å². The molecule has 0 radical (unpaired) electrons. The van der Waals surface area contributed by atoms with E-state index in [9.17, 15) is 9.59 Å². The van der Waals surface area contributed by atoms with E-state index in [0.717, 1.165) is 43.6 Å². The molecule has 2 saturated heterocycles. The molecule has 0 bridgehead atoms. The summed E-state index contributed by atoms with van der Waals surface area (Å²) in [6.45, 7) is 2.17. The van der Waals surface area contributed by atoms with Crippen LogP contribution in [0, 0.1) is 5.92 Å². The molecule has 0 unspecified atom stereocenters. The number of pyridine rings is 1. The van der Waals surface area contributed by atoms with E-state index in [-0.39, 0.29) is 5.91 Å². The second kappa shape index (κ2) is 8.45. The zero-order valence-electron chi connectivity index (χ0n) is 17.9. The zero-order chi connectivity index (χ0) is 22.1. The van der Waals surface area contributed by atoms with Crippen molar-refractivity contribution in [3.05, 3.63) is 42.4 Å². The van der Waals surface area contributed by atoms with E-state index >= 15 is 0 Å². The van der Waals surface area contributed by atoms with Crippen LogP contribution in [-0.4, -0.2) is 58.3 Å². The van der Waals surface area contributed by atoms with Gasteiger partial charge >= 0.3 is 6.03 Å². The van der Waals surface area contributed by atoms with Crippen molar-refractivity contribution in [1.82, 2.24) is 24.9 Å². The van der Waals surface area contributed by atoms with E-state index in [0.29, 0.717) is 30.7 Å². The van der Waals surface area contributed by atoms with Gasteiger partial charge < -0.3 is 9.64 Å². The number of fused-ring (bicyclic) bond motifs is 1. The summed E-state index contributed by atoms with van der Waals surface area (Å²) in [5.41, 5.74) is 2.81. The molecule has 3 aromatic heterocycles. The number of nitrogens with zero attached hydrogens (tertiary/aromatic N) is 6. The molecular weight excluding hydrogens is 410 g/mol. The molecule has 1 N–H and O–H groups in total. The predicted octanol–water partition coefficient (Wildman–Crippen LogP) is 2.04. The van der Waals surface area contributed by atoms with Crippen LogP contribution in [0.3, 0.4) is 0 Å². The summed E-state index contributed by atoms with van der Waals surface area (Å²) in [7, 11) is 1.61. The van der Waals surface area contributed by atoms with Gasteiger partial charge in [-0.1, -0.05) is 0 Å². The number of imide groups is 1. The van der Waals surface area contributed by atoms with Crippen LogP contribution >= 0.6 is 0 Å². The smallest absolute Gasteiger partial charge is 0.328 e. The normalized spacial score (nSPS) is 17.7. The van der Waals surface area contributed by atoms with Crippen LogP contribution in [0.4, 0.5) is 16.4 Å². The fourth-order valence-electron chi connectivity index (χ4n) is 4.41. The zero-order valence-corrected chi connectivity index (χ0v) is 17.9. The van der Waals surface area contributed by atoms with Gasteiger partial charge in [-0.2, -0.15) is 10.1 Å². The lowest BCUT2D eigenvalue weighted by atomic mass is 9.90. The molecule has 10 nitrogen and oxygen atoms in total. The van der Waals surface area contributed by atoms with E-state index in [2.05, 4.69) is 37.4 Å². The van der Waals surface area contributed by atoms with Gasteiger partial charge in [0.1, 0.15) is 0 Å². The summed E-state index contributed by atoms with van der Waals surface area (Å²) >= 11 is 0. The minimum absolute atomic E-state index is 0.242. The summed E-state index contributed by atoms with van der Waals surface area (Å²) in [6.07, 6.45) is 8.69. The maximum Gasteiger partial charge on any atom is 0.328 e. The molecule has 0 aromatic carbocycles. The molecule has 2 aliphatic heterocycles. The minimum Gasteiger partial charge on any atom is -0.481 e. The number of aromatic nitrogens is 4. The quantitative estimate of drug-likeness (QED) is 0.654. The third-order valence-corrected chi connectivity index (χ3v) is 6.16. The minimum atomic E-state index is -0.395. The first-order valence-corrected chi connectivity index (χ1v) is 10.8. The van der Waals surface area contributed by atoms with Crippen LogP contribution in [0.2, 0.25) is 0 Å². The fourth-order valence-corrected chi connectivity index (χ4v) is 4.41. The molecule has 32 heavy (non-hydrogen) atoms. The molecule has 5 heterocycles. The summed E-state index contributed by atoms with van der Waals surface area (Å²) < 4.78 is 6.98. The molecule has 2 fully saturated rings. The largest absolute Gasteiger partial charge is 0.481 e. The van der Waals surface area contributed by atoms with Gasteiger partial charge in [0.25, 0.3) is 0 Å². The third kappa shape index (κ3) is 3.95. The van der Waals surface area contributed by atoms with Crippen LogP contribution in [0.25, 0.3) is 5.52 Å². The number of hydrogen-bond acceptors (Lipinski definition) is 7. The van der Waals surface area contributed by atoms with Gasteiger partial charge in [0, 0.05) is 44.5 Å². The van der Waals surface area contributed by atoms with Crippen molar-refractivity contribution >= 4 is 29.1 Å². The molecule has 0 atom stereocenters. The Morgan fingerprint density at radius 3 is 2.81 bits per heavy atom. The molecule has 5 rings (SSSR count). The van der Waals surface area contributed by atoms with E-state index < -0.39 is 6.03 Å². The van der Waals surface area contributed by atoms with E-state index in [1.165, 1.54) is 5.56 Å². The van der Waals surface area contributed by atoms with Crippen molar-refractivity contribution in [3.63, 3.8) is 0 Å². The third-order valence-electron chi connectivity index (χ3n) is 6.16. The number of anilines is 2. The summed E-state index contributed by atoms with van der Waals surface area (Å²) in [5, 5.41) is 6.75. The van der Waals surface area contributed by atoms with E-state index in [4.69, 9.17) is 4.74 Å². The second-order valence-corrected chi connectivity index (χ2v) is 8.18. The molecule has 166 valence electrons. The molecule has 0 aliphatic carbocycles. The molecule has 2 aliphatic rings. The highest BCUT2D eigenvalue weighted by Gasteiger charge is 2.27. The monoisotopic (exact) mass is 435 g/mol. The van der Waals surface area contributed by atoms with Gasteiger partial charge in [0.2, 0.25) is 17.7 Å². The van der Waals surface area contributed by atoms with Crippen molar-refractivity contribution in [2.24, 2.45) is 5.92 Å². The fraction of sp³-hybridized carbons (Fsp3) is 0.409. The summed E-state index contributed by atoms with van der Waals surface area (Å²) in [5.74, 6) is 1.61. The highest BCUT2D eigenvalue weighted by atomic mass is 16.5. The first-order valence-electron chi connectivity index (χ1n) is 10.8. The average Bonchev–Trinajstić information content (AvgIpc) is 3.23. The van der Waals surface area contributed by atoms with Gasteiger partial charge in [-0.05, 0) is 42.9 Å². The number of urea groups is 1. The SMILES string of the molecule is COc1ccnc(N2CCC(Cc3ccn4ncc(N5CCC(=O)NC5=O)c4c3)CC2)n1. The Bertz CT molecular complexity index is 1150. The standard InChI is InChI=1S/C22H25N7O3/c1-32-20-2-7-23-21(26-20)27-8-3-15(4-9-27)12-16-5-11-29-17(13-16)18(14-24-29)28-10-6-19(30)25-22(28)31/h2,5,7,11,13-15H,3-4,6,8-10,12H2,1H3,(H,25,30,31). The van der Waals surface area contributed by atoms with Crippen molar-refractivity contribution in [3.8, 4) is 5.88 Å². The van der Waals surface area contributed by atoms with Crippen molar-refractivity contribution in [1.29, 1.82) is 0 Å². The Balaban J connectivity index is 1.27. The number of carbonyl (C=O) groups excluding carboxylic acids is 2. The Morgan fingerprint density at radius 2 is 2.03 bits per heavy atom. The Labute approximate surface area is 185 Å². The number of nitrogens with one attached hydrogen (secondary N) is 1. The lowest BCUT2D eigenvalue weighted by Crippen LogP contribution is -2.49. The molecule has 10 heteroatoms. The van der Waals surface area contributed by atoms with Crippen molar-refractivity contribution < 1.29 is 14.3 Å². The van der Waals surface area contributed by atoms with Gasteiger partial charge in [-0.15, -0.1) is 0 Å². The number of carbonyl (C=O) groups is 2. The Hall–Kier alpha value is -3.69. The molecule has 0 saturated carbocycles. The van der Waals surface area contributed by atoms with E-state index in [1.807, 2.05) is 6.20 Å². The van der Waals surface area contributed by atoms with Crippen LogP contribution in [0.1, 0.15) is 24.8 Å². The van der Waals surface area contributed by atoms with Crippen LogP contribution < -0.4 is 19.9 Å². The topological polar surface area (TPSA) is 105 Å². The van der Waals surface area contributed by atoms with Crippen molar-refractivity contribution in [2.45, 2.75) is 25.7 Å². The first-order chi connectivity index (χ1) is 15.6. The second-order valence-electron chi connectivity index (χ2n) is 8.18. The highest BCUT2D eigenvalue weighted by molar-refractivity contribution is 6.07. The summed E-state index contributed by atoms with van der Waals surface area (Å²) in [4.78, 5) is 36.4. The molecule has 0 spiro atoms. The lowest BCUT2D eigenvalue weighted by molar-refractivity contribution is -0.120. The van der Waals surface area contributed by atoms with Crippen LogP contribution in [-0.2, 0) is 11.2 Å². The maximum atomic E-state index is 12.3. The van der Waals surface area contributed by atoms with Gasteiger partial charge in [0.05, 0.1) is 24.5 Å². The Morgan fingerprint density at radius 1 is 1.19 bits per heavy atom. The molecule has 3 aromatic rings. The highest BCUT2D eigenvalue weighted by Crippen LogP contribution is 2.28. The first kappa shape index (κ1) is 20.2. The van der Waals surface area contributed by atoms with Gasteiger partial charge in [0.15, 0.2) is 0 Å². The number of hydrogen-bond donors (Lipinski definition) is 1. The van der Waals surface area contributed by atoms with E-state index in [1.54, 1.807) is 35.0 Å².